The minimum absolute atomic E-state index is 0. The predicted molar refractivity (Wildman–Crippen MR) is 117 cm³/mol. The molecule has 0 aliphatic rings. The van der Waals surface area contributed by atoms with E-state index < -0.39 is 0 Å². The van der Waals surface area contributed by atoms with E-state index in [1.54, 1.807) is 31.4 Å². The zero-order chi connectivity index (χ0) is 20.1. The summed E-state index contributed by atoms with van der Waals surface area (Å²) in [6.07, 6.45) is 0.230. The molecular formula is C21H21ClN4O2S. The molecule has 8 heteroatoms. The lowest BCUT2D eigenvalue weighted by molar-refractivity contribution is -0.115. The number of aromatic nitrogens is 1. The first-order valence-electron chi connectivity index (χ1n) is 8.63. The average molecular weight is 429 g/mol. The van der Waals surface area contributed by atoms with Crippen molar-refractivity contribution in [2.75, 3.05) is 12.4 Å². The summed E-state index contributed by atoms with van der Waals surface area (Å²) >= 11 is 1.47. The molecule has 1 amide bonds. The van der Waals surface area contributed by atoms with Gasteiger partial charge in [0.1, 0.15) is 11.4 Å². The van der Waals surface area contributed by atoms with E-state index in [2.05, 4.69) is 11.4 Å². The van der Waals surface area contributed by atoms with Gasteiger partial charge >= 0.3 is 0 Å². The summed E-state index contributed by atoms with van der Waals surface area (Å²) < 4.78 is 7.29. The van der Waals surface area contributed by atoms with E-state index >= 15 is 0 Å². The van der Waals surface area contributed by atoms with Crippen molar-refractivity contribution in [3.63, 3.8) is 0 Å². The van der Waals surface area contributed by atoms with Crippen molar-refractivity contribution < 1.29 is 9.53 Å². The van der Waals surface area contributed by atoms with Crippen LogP contribution in [0.25, 0.3) is 0 Å². The molecule has 0 unspecified atom stereocenters. The first-order chi connectivity index (χ1) is 13.5. The molecule has 0 aliphatic carbocycles. The van der Waals surface area contributed by atoms with Gasteiger partial charge < -0.3 is 14.6 Å². The summed E-state index contributed by atoms with van der Waals surface area (Å²) in [4.78, 5) is 17.8. The fourth-order valence-electron chi connectivity index (χ4n) is 2.65. The molecule has 1 heterocycles. The third kappa shape index (κ3) is 5.47. The lowest BCUT2D eigenvalue weighted by Gasteiger charge is -2.07. The van der Waals surface area contributed by atoms with E-state index in [1.807, 2.05) is 42.1 Å². The average Bonchev–Trinajstić information content (AvgIpc) is 3.02. The lowest BCUT2D eigenvalue weighted by Crippen LogP contribution is -2.19. The topological polar surface area (TPSA) is 79.4 Å². The molecule has 0 spiro atoms. The second-order valence-corrected chi connectivity index (χ2v) is 7.11. The van der Waals surface area contributed by atoms with Crippen LogP contribution in [0, 0.1) is 18.3 Å². The Kier molecular flexibility index (Phi) is 7.59. The molecule has 0 radical (unpaired) electrons. The van der Waals surface area contributed by atoms with Gasteiger partial charge in [-0.25, -0.2) is 4.99 Å². The van der Waals surface area contributed by atoms with Gasteiger partial charge in [0.15, 0.2) is 4.80 Å². The number of thiazole rings is 1. The Morgan fingerprint density at radius 3 is 2.66 bits per heavy atom. The SMILES string of the molecule is COc1ccc(C)cc1/N=c1/scc(CC(=O)Nc2ccc(C#N)cc2)n1C.Cl. The number of nitriles is 1. The third-order valence-electron chi connectivity index (χ3n) is 4.21. The van der Waals surface area contributed by atoms with Gasteiger partial charge in [-0.3, -0.25) is 4.79 Å². The highest BCUT2D eigenvalue weighted by atomic mass is 35.5. The summed E-state index contributed by atoms with van der Waals surface area (Å²) in [6, 6.07) is 14.7. The van der Waals surface area contributed by atoms with Crippen LogP contribution in [0.2, 0.25) is 0 Å². The Labute approximate surface area is 179 Å². The number of aryl methyl sites for hydroxylation is 1. The highest BCUT2D eigenvalue weighted by Crippen LogP contribution is 2.27. The molecule has 29 heavy (non-hydrogen) atoms. The highest BCUT2D eigenvalue weighted by molar-refractivity contribution is 7.07. The van der Waals surface area contributed by atoms with Gasteiger partial charge in [0.2, 0.25) is 5.91 Å². The molecule has 0 bridgehead atoms. The smallest absolute Gasteiger partial charge is 0.230 e. The molecule has 6 nitrogen and oxygen atoms in total. The predicted octanol–water partition coefficient (Wildman–Crippen LogP) is 4.11. The molecule has 3 rings (SSSR count). The van der Waals surface area contributed by atoms with Crippen molar-refractivity contribution >= 4 is 41.0 Å². The molecule has 0 saturated heterocycles. The number of hydrogen-bond acceptors (Lipinski definition) is 5. The summed E-state index contributed by atoms with van der Waals surface area (Å²) in [6.45, 7) is 2.01. The van der Waals surface area contributed by atoms with E-state index in [9.17, 15) is 4.79 Å². The van der Waals surface area contributed by atoms with Gasteiger partial charge in [0.05, 0.1) is 25.2 Å². The van der Waals surface area contributed by atoms with Gasteiger partial charge in [-0.05, 0) is 48.9 Å². The number of nitrogens with zero attached hydrogens (tertiary/aromatic N) is 3. The Morgan fingerprint density at radius 1 is 1.28 bits per heavy atom. The van der Waals surface area contributed by atoms with Crippen LogP contribution in [0.15, 0.2) is 52.8 Å². The van der Waals surface area contributed by atoms with E-state index in [0.717, 1.165) is 21.7 Å². The van der Waals surface area contributed by atoms with Gasteiger partial charge in [-0.2, -0.15) is 5.26 Å². The number of rotatable bonds is 5. The first-order valence-corrected chi connectivity index (χ1v) is 9.51. The number of anilines is 1. The maximum absolute atomic E-state index is 12.4. The van der Waals surface area contributed by atoms with Crippen LogP contribution < -0.4 is 14.9 Å². The van der Waals surface area contributed by atoms with Crippen molar-refractivity contribution in [3.8, 4) is 11.8 Å². The summed E-state index contributed by atoms with van der Waals surface area (Å²) in [5.41, 5.74) is 3.94. The zero-order valence-corrected chi connectivity index (χ0v) is 17.9. The van der Waals surface area contributed by atoms with Crippen molar-refractivity contribution in [2.24, 2.45) is 12.0 Å². The number of carbonyl (C=O) groups excluding carboxylic acids is 1. The van der Waals surface area contributed by atoms with E-state index in [-0.39, 0.29) is 24.7 Å². The second-order valence-electron chi connectivity index (χ2n) is 6.27. The largest absolute Gasteiger partial charge is 0.494 e. The quantitative estimate of drug-likeness (QED) is 0.664. The number of carbonyl (C=O) groups is 1. The fourth-order valence-corrected chi connectivity index (χ4v) is 3.56. The molecule has 0 fully saturated rings. The van der Waals surface area contributed by atoms with Crippen LogP contribution >= 0.6 is 23.7 Å². The van der Waals surface area contributed by atoms with Gasteiger partial charge in [-0.1, -0.05) is 6.07 Å². The van der Waals surface area contributed by atoms with Crippen LogP contribution in [0.5, 0.6) is 5.75 Å². The monoisotopic (exact) mass is 428 g/mol. The van der Waals surface area contributed by atoms with Crippen LogP contribution in [0.4, 0.5) is 11.4 Å². The molecular weight excluding hydrogens is 408 g/mol. The standard InChI is InChI=1S/C21H20N4O2S.ClH/c1-14-4-9-19(27-3)18(10-14)24-21-25(2)17(13-28-21)11-20(26)23-16-7-5-15(12-22)6-8-16;/h4-10,13H,11H2,1-3H3,(H,23,26);1H/b24-21+;. The summed E-state index contributed by atoms with van der Waals surface area (Å²) in [7, 11) is 3.51. The zero-order valence-electron chi connectivity index (χ0n) is 16.3. The summed E-state index contributed by atoms with van der Waals surface area (Å²) in [5, 5.41) is 13.6. The van der Waals surface area contributed by atoms with Crippen LogP contribution in [0.3, 0.4) is 0 Å². The number of nitrogens with one attached hydrogen (secondary N) is 1. The number of amides is 1. The molecule has 150 valence electrons. The van der Waals surface area contributed by atoms with Gasteiger partial charge in [0.25, 0.3) is 0 Å². The summed E-state index contributed by atoms with van der Waals surface area (Å²) in [5.74, 6) is 0.580. The van der Waals surface area contributed by atoms with E-state index in [0.29, 0.717) is 17.0 Å². The molecule has 2 aromatic carbocycles. The lowest BCUT2D eigenvalue weighted by atomic mass is 10.2. The van der Waals surface area contributed by atoms with E-state index in [4.69, 9.17) is 15.0 Å². The number of benzene rings is 2. The van der Waals surface area contributed by atoms with Crippen molar-refractivity contribution in [2.45, 2.75) is 13.3 Å². The third-order valence-corrected chi connectivity index (χ3v) is 5.17. The van der Waals surface area contributed by atoms with E-state index in [1.165, 1.54) is 11.3 Å². The maximum atomic E-state index is 12.4. The Hall–Kier alpha value is -3.08. The maximum Gasteiger partial charge on any atom is 0.230 e. The number of halogens is 1. The van der Waals surface area contributed by atoms with Crippen molar-refractivity contribution in [1.29, 1.82) is 5.26 Å². The van der Waals surface area contributed by atoms with Crippen LogP contribution in [-0.2, 0) is 18.3 Å². The van der Waals surface area contributed by atoms with Crippen molar-refractivity contribution in [3.05, 3.63) is 69.5 Å². The second kappa shape index (κ2) is 9.92. The highest BCUT2D eigenvalue weighted by Gasteiger charge is 2.10. The molecule has 1 N–H and O–H groups in total. The molecule has 3 aromatic rings. The Balaban J connectivity index is 0.00000300. The first kappa shape index (κ1) is 22.2. The number of methoxy groups -OCH3 is 1. The number of hydrogen-bond donors (Lipinski definition) is 1. The van der Waals surface area contributed by atoms with Crippen LogP contribution in [0.1, 0.15) is 16.8 Å². The Morgan fingerprint density at radius 2 is 2.00 bits per heavy atom. The van der Waals surface area contributed by atoms with Gasteiger partial charge in [-0.15, -0.1) is 23.7 Å². The fraction of sp³-hybridized carbons (Fsp3) is 0.190. The normalized spacial score (nSPS) is 10.8. The molecule has 1 aromatic heterocycles. The van der Waals surface area contributed by atoms with Gasteiger partial charge in [0, 0.05) is 23.8 Å². The Bertz CT molecular complexity index is 1110. The van der Waals surface area contributed by atoms with Crippen molar-refractivity contribution in [1.82, 2.24) is 4.57 Å². The molecule has 0 atom stereocenters. The molecule has 0 saturated carbocycles. The molecule has 0 aliphatic heterocycles. The minimum atomic E-state index is -0.127. The number of ether oxygens (including phenoxy) is 1. The van der Waals surface area contributed by atoms with Crippen LogP contribution in [-0.4, -0.2) is 17.6 Å². The minimum Gasteiger partial charge on any atom is -0.494 e.